The molecule has 0 radical (unpaired) electrons. The van der Waals surface area contributed by atoms with Crippen LogP contribution in [0.5, 0.6) is 0 Å². The predicted molar refractivity (Wildman–Crippen MR) is 99.8 cm³/mol. The van der Waals surface area contributed by atoms with Crippen molar-refractivity contribution in [1.82, 2.24) is 10.2 Å². The average Bonchev–Trinajstić information content (AvgIpc) is 3.16. The van der Waals surface area contributed by atoms with Crippen LogP contribution in [-0.2, 0) is 4.79 Å². The smallest absolute Gasteiger partial charge is 0.253 e. The van der Waals surface area contributed by atoms with Crippen LogP contribution in [0.3, 0.4) is 0 Å². The number of aryl methyl sites for hydroxylation is 1. The molecule has 1 aromatic rings. The molecule has 0 saturated carbocycles. The summed E-state index contributed by atoms with van der Waals surface area (Å²) in [5, 5.41) is 6.36. The summed E-state index contributed by atoms with van der Waals surface area (Å²) in [5.74, 6) is 0.832. The average molecular weight is 343 g/mol. The first-order chi connectivity index (χ1) is 12.1. The van der Waals surface area contributed by atoms with Gasteiger partial charge in [-0.25, -0.2) is 0 Å². The normalized spacial score (nSPS) is 18.4. The van der Waals surface area contributed by atoms with Crippen LogP contribution in [0.15, 0.2) is 18.2 Å². The Kier molecular flexibility index (Phi) is 6.08. The second kappa shape index (κ2) is 8.48. The van der Waals surface area contributed by atoms with Crippen LogP contribution in [0.4, 0.5) is 5.69 Å². The van der Waals surface area contributed by atoms with Crippen molar-refractivity contribution in [3.8, 4) is 0 Å². The second-order valence-electron chi connectivity index (χ2n) is 7.31. The Morgan fingerprint density at radius 3 is 2.60 bits per heavy atom. The van der Waals surface area contributed by atoms with Gasteiger partial charge in [0.15, 0.2) is 0 Å². The van der Waals surface area contributed by atoms with E-state index < -0.39 is 0 Å². The third kappa shape index (κ3) is 4.82. The highest BCUT2D eigenvalue weighted by molar-refractivity contribution is 5.96. The largest absolute Gasteiger partial charge is 0.339 e. The molecule has 0 aliphatic carbocycles. The van der Waals surface area contributed by atoms with Crippen LogP contribution in [0, 0.1) is 12.8 Å². The Labute approximate surface area is 150 Å². The summed E-state index contributed by atoms with van der Waals surface area (Å²) in [4.78, 5) is 26.6. The molecule has 5 heteroatoms. The van der Waals surface area contributed by atoms with Crippen LogP contribution in [0.1, 0.15) is 54.4 Å². The van der Waals surface area contributed by atoms with Gasteiger partial charge in [-0.1, -0.05) is 0 Å². The molecular weight excluding hydrogens is 314 g/mol. The molecule has 0 aromatic heterocycles. The molecule has 2 aliphatic heterocycles. The molecule has 0 spiro atoms. The fourth-order valence-corrected chi connectivity index (χ4v) is 3.76. The molecule has 1 aromatic carbocycles. The van der Waals surface area contributed by atoms with E-state index in [1.165, 1.54) is 12.8 Å². The van der Waals surface area contributed by atoms with Gasteiger partial charge in [0, 0.05) is 30.8 Å². The molecule has 2 fully saturated rings. The monoisotopic (exact) mass is 343 g/mol. The van der Waals surface area contributed by atoms with Gasteiger partial charge in [-0.3, -0.25) is 9.59 Å². The van der Waals surface area contributed by atoms with Crippen LogP contribution >= 0.6 is 0 Å². The predicted octanol–water partition coefficient (Wildman–Crippen LogP) is 2.95. The lowest BCUT2D eigenvalue weighted by molar-refractivity contribution is -0.116. The fourth-order valence-electron chi connectivity index (χ4n) is 3.76. The summed E-state index contributed by atoms with van der Waals surface area (Å²) in [6.07, 6.45) is 6.04. The molecule has 2 N–H and O–H groups in total. The van der Waals surface area contributed by atoms with Crippen LogP contribution in [-0.4, -0.2) is 42.9 Å². The number of nitrogens with one attached hydrogen (secondary N) is 2. The SMILES string of the molecule is Cc1cc(C(=O)N2CCCC2)ccc1NC(=O)CCC1CCNCC1. The van der Waals surface area contributed by atoms with Crippen molar-refractivity contribution in [2.24, 2.45) is 5.92 Å². The minimum absolute atomic E-state index is 0.0697. The molecule has 2 heterocycles. The number of carbonyl (C=O) groups is 2. The molecule has 0 atom stereocenters. The summed E-state index contributed by atoms with van der Waals surface area (Å²) in [6.45, 7) is 5.79. The Balaban J connectivity index is 1.53. The van der Waals surface area contributed by atoms with Crippen molar-refractivity contribution in [2.45, 2.75) is 45.4 Å². The van der Waals surface area contributed by atoms with Gasteiger partial charge in [0.1, 0.15) is 0 Å². The first-order valence-corrected chi connectivity index (χ1v) is 9.54. The summed E-state index contributed by atoms with van der Waals surface area (Å²) in [7, 11) is 0. The second-order valence-corrected chi connectivity index (χ2v) is 7.31. The van der Waals surface area contributed by atoms with Crippen molar-refractivity contribution in [2.75, 3.05) is 31.5 Å². The lowest BCUT2D eigenvalue weighted by atomic mass is 9.93. The van der Waals surface area contributed by atoms with E-state index in [1.54, 1.807) is 0 Å². The highest BCUT2D eigenvalue weighted by Gasteiger charge is 2.20. The van der Waals surface area contributed by atoms with Gasteiger partial charge < -0.3 is 15.5 Å². The topological polar surface area (TPSA) is 61.4 Å². The van der Waals surface area contributed by atoms with Crippen LogP contribution < -0.4 is 10.6 Å². The maximum atomic E-state index is 12.4. The number of hydrogen-bond donors (Lipinski definition) is 2. The van der Waals surface area contributed by atoms with Crippen molar-refractivity contribution in [1.29, 1.82) is 0 Å². The van der Waals surface area contributed by atoms with E-state index in [0.717, 1.165) is 56.7 Å². The van der Waals surface area contributed by atoms with E-state index in [-0.39, 0.29) is 11.8 Å². The van der Waals surface area contributed by atoms with E-state index in [2.05, 4.69) is 10.6 Å². The van der Waals surface area contributed by atoms with Gasteiger partial charge in [0.25, 0.3) is 5.91 Å². The van der Waals surface area contributed by atoms with E-state index >= 15 is 0 Å². The minimum atomic E-state index is 0.0697. The molecule has 2 aliphatic rings. The van der Waals surface area contributed by atoms with E-state index in [4.69, 9.17) is 0 Å². The first-order valence-electron chi connectivity index (χ1n) is 9.54. The lowest BCUT2D eigenvalue weighted by Crippen LogP contribution is -2.28. The van der Waals surface area contributed by atoms with Crippen molar-refractivity contribution in [3.63, 3.8) is 0 Å². The summed E-state index contributed by atoms with van der Waals surface area (Å²) < 4.78 is 0. The highest BCUT2D eigenvalue weighted by Crippen LogP contribution is 2.21. The summed E-state index contributed by atoms with van der Waals surface area (Å²) in [6, 6.07) is 5.58. The number of rotatable bonds is 5. The third-order valence-corrected chi connectivity index (χ3v) is 5.38. The molecule has 0 unspecified atom stereocenters. The van der Waals surface area contributed by atoms with Crippen molar-refractivity contribution in [3.05, 3.63) is 29.3 Å². The zero-order chi connectivity index (χ0) is 17.6. The van der Waals surface area contributed by atoms with Gasteiger partial charge in [-0.2, -0.15) is 0 Å². The number of amides is 2. The molecule has 5 nitrogen and oxygen atoms in total. The first kappa shape index (κ1) is 17.9. The zero-order valence-corrected chi connectivity index (χ0v) is 15.1. The Morgan fingerprint density at radius 2 is 1.92 bits per heavy atom. The molecule has 2 saturated heterocycles. The van der Waals surface area contributed by atoms with Gasteiger partial charge in [0.2, 0.25) is 5.91 Å². The van der Waals surface area contributed by atoms with E-state index in [1.807, 2.05) is 30.0 Å². The molecule has 136 valence electrons. The zero-order valence-electron chi connectivity index (χ0n) is 15.1. The standard InChI is InChI=1S/C20H29N3O2/c1-15-14-17(20(25)23-12-2-3-13-23)5-6-18(15)22-19(24)7-4-16-8-10-21-11-9-16/h5-6,14,16,21H,2-4,7-13H2,1H3,(H,22,24). The summed E-state index contributed by atoms with van der Waals surface area (Å²) in [5.41, 5.74) is 2.47. The maximum absolute atomic E-state index is 12.4. The van der Waals surface area contributed by atoms with Gasteiger partial charge in [-0.15, -0.1) is 0 Å². The van der Waals surface area contributed by atoms with Gasteiger partial charge in [-0.05, 0) is 81.8 Å². The number of hydrogen-bond acceptors (Lipinski definition) is 3. The van der Waals surface area contributed by atoms with Gasteiger partial charge >= 0.3 is 0 Å². The Bertz CT molecular complexity index is 617. The minimum Gasteiger partial charge on any atom is -0.339 e. The number of piperidine rings is 1. The van der Waals surface area contributed by atoms with Crippen LogP contribution in [0.25, 0.3) is 0 Å². The fraction of sp³-hybridized carbons (Fsp3) is 0.600. The summed E-state index contributed by atoms with van der Waals surface area (Å²) >= 11 is 0. The Morgan fingerprint density at radius 1 is 1.20 bits per heavy atom. The molecule has 3 rings (SSSR count). The van der Waals surface area contributed by atoms with E-state index in [9.17, 15) is 9.59 Å². The molecule has 2 amide bonds. The number of benzene rings is 1. The number of carbonyl (C=O) groups excluding carboxylic acids is 2. The molecular formula is C20H29N3O2. The Hall–Kier alpha value is -1.88. The highest BCUT2D eigenvalue weighted by atomic mass is 16.2. The third-order valence-electron chi connectivity index (χ3n) is 5.38. The maximum Gasteiger partial charge on any atom is 0.253 e. The van der Waals surface area contributed by atoms with Gasteiger partial charge in [0.05, 0.1) is 0 Å². The number of likely N-dealkylation sites (tertiary alicyclic amines) is 1. The van der Waals surface area contributed by atoms with Crippen molar-refractivity contribution >= 4 is 17.5 Å². The molecule has 0 bridgehead atoms. The lowest BCUT2D eigenvalue weighted by Gasteiger charge is -2.22. The quantitative estimate of drug-likeness (QED) is 0.864. The molecule has 25 heavy (non-hydrogen) atoms. The van der Waals surface area contributed by atoms with E-state index in [0.29, 0.717) is 17.9 Å². The number of nitrogens with zero attached hydrogens (tertiary/aromatic N) is 1. The van der Waals surface area contributed by atoms with Crippen LogP contribution in [0.2, 0.25) is 0 Å². The van der Waals surface area contributed by atoms with Crippen molar-refractivity contribution < 1.29 is 9.59 Å². The number of anilines is 1.